The number of nitrogens with zero attached hydrogens (tertiary/aromatic N) is 2. The van der Waals surface area contributed by atoms with Crippen molar-refractivity contribution in [2.45, 2.75) is 19.3 Å². The predicted octanol–water partition coefficient (Wildman–Crippen LogP) is 4.08. The molecule has 0 aliphatic heterocycles. The Hall–Kier alpha value is -1.65. The van der Waals surface area contributed by atoms with E-state index in [-0.39, 0.29) is 0 Å². The third-order valence-corrected chi connectivity index (χ3v) is 4.75. The fraction of sp³-hybridized carbons (Fsp3) is 0.200. The fourth-order valence-corrected chi connectivity index (χ4v) is 3.71. The fourth-order valence-electron chi connectivity index (χ4n) is 2.94. The third-order valence-electron chi connectivity index (χ3n) is 3.77. The molecule has 2 heterocycles. The molecule has 0 amide bonds. The van der Waals surface area contributed by atoms with E-state index in [4.69, 9.17) is 22.3 Å². The summed E-state index contributed by atoms with van der Waals surface area (Å²) in [7, 11) is 0. The van der Waals surface area contributed by atoms with Crippen molar-refractivity contribution in [3.05, 3.63) is 39.9 Å². The topological polar surface area (TPSA) is 51.8 Å². The lowest BCUT2D eigenvalue weighted by Crippen LogP contribution is -1.96. The van der Waals surface area contributed by atoms with Crippen LogP contribution >= 0.6 is 22.9 Å². The SMILES string of the molecule is Nc1nc(-c2c3c(nc4c(Cl)cccc24)CCC3)cs1. The summed E-state index contributed by atoms with van der Waals surface area (Å²) in [5.74, 6) is 0. The minimum absolute atomic E-state index is 0.596. The highest BCUT2D eigenvalue weighted by Crippen LogP contribution is 2.39. The van der Waals surface area contributed by atoms with Gasteiger partial charge in [0.15, 0.2) is 5.13 Å². The van der Waals surface area contributed by atoms with E-state index in [1.54, 1.807) is 0 Å². The zero-order valence-electron chi connectivity index (χ0n) is 10.7. The maximum atomic E-state index is 6.32. The minimum Gasteiger partial charge on any atom is -0.375 e. The number of rotatable bonds is 1. The monoisotopic (exact) mass is 301 g/mol. The highest BCUT2D eigenvalue weighted by molar-refractivity contribution is 7.13. The van der Waals surface area contributed by atoms with Crippen LogP contribution < -0.4 is 5.73 Å². The van der Waals surface area contributed by atoms with Gasteiger partial charge in [0.1, 0.15) is 0 Å². The van der Waals surface area contributed by atoms with Gasteiger partial charge in [0.25, 0.3) is 0 Å². The van der Waals surface area contributed by atoms with Crippen molar-refractivity contribution in [1.82, 2.24) is 9.97 Å². The van der Waals surface area contributed by atoms with Gasteiger partial charge in [-0.2, -0.15) is 0 Å². The number of nitrogens with two attached hydrogens (primary N) is 1. The minimum atomic E-state index is 0.596. The van der Waals surface area contributed by atoms with Crippen LogP contribution in [0, 0.1) is 0 Å². The van der Waals surface area contributed by atoms with Crippen LogP contribution in [0.2, 0.25) is 5.02 Å². The van der Waals surface area contributed by atoms with E-state index in [0.717, 1.165) is 47.1 Å². The molecule has 0 unspecified atom stereocenters. The van der Waals surface area contributed by atoms with Crippen LogP contribution in [-0.2, 0) is 12.8 Å². The predicted molar refractivity (Wildman–Crippen MR) is 84.3 cm³/mol. The molecule has 5 heteroatoms. The van der Waals surface area contributed by atoms with Gasteiger partial charge in [-0.3, -0.25) is 4.98 Å². The van der Waals surface area contributed by atoms with Crippen molar-refractivity contribution in [2.24, 2.45) is 0 Å². The Bertz CT molecular complexity index is 825. The number of fused-ring (bicyclic) bond motifs is 2. The van der Waals surface area contributed by atoms with Gasteiger partial charge in [-0.15, -0.1) is 11.3 Å². The molecule has 0 saturated carbocycles. The normalized spacial score (nSPS) is 13.8. The standard InChI is InChI=1S/C15H12ClN3S/c16-10-5-1-4-9-13(12-7-20-15(17)19-12)8-3-2-6-11(8)18-14(9)10/h1,4-5,7H,2-3,6H2,(H2,17,19). The Balaban J connectivity index is 2.14. The molecule has 3 aromatic rings. The number of thiazole rings is 1. The molecule has 0 fully saturated rings. The highest BCUT2D eigenvalue weighted by Gasteiger charge is 2.22. The van der Waals surface area contributed by atoms with Crippen molar-refractivity contribution in [1.29, 1.82) is 0 Å². The first-order valence-electron chi connectivity index (χ1n) is 6.55. The number of halogens is 1. The molecule has 1 aromatic carbocycles. The van der Waals surface area contributed by atoms with Crippen LogP contribution in [0.25, 0.3) is 22.2 Å². The molecule has 2 aromatic heterocycles. The van der Waals surface area contributed by atoms with Gasteiger partial charge in [-0.05, 0) is 30.9 Å². The molecule has 0 saturated heterocycles. The number of nitrogen functional groups attached to an aromatic ring is 1. The summed E-state index contributed by atoms with van der Waals surface area (Å²) in [6.07, 6.45) is 3.21. The molecule has 20 heavy (non-hydrogen) atoms. The van der Waals surface area contributed by atoms with Crippen LogP contribution in [-0.4, -0.2) is 9.97 Å². The Morgan fingerprint density at radius 3 is 2.90 bits per heavy atom. The molecule has 1 aliphatic carbocycles. The Morgan fingerprint density at radius 2 is 2.10 bits per heavy atom. The number of anilines is 1. The quantitative estimate of drug-likeness (QED) is 0.736. The summed E-state index contributed by atoms with van der Waals surface area (Å²) < 4.78 is 0. The van der Waals surface area contributed by atoms with Crippen molar-refractivity contribution in [2.75, 3.05) is 5.73 Å². The van der Waals surface area contributed by atoms with E-state index in [1.165, 1.54) is 16.9 Å². The summed E-state index contributed by atoms with van der Waals surface area (Å²) in [6.45, 7) is 0. The molecule has 2 N–H and O–H groups in total. The molecule has 3 nitrogen and oxygen atoms in total. The van der Waals surface area contributed by atoms with Crippen molar-refractivity contribution in [3.63, 3.8) is 0 Å². The number of hydrogen-bond acceptors (Lipinski definition) is 4. The van der Waals surface area contributed by atoms with E-state index in [1.807, 2.05) is 17.5 Å². The smallest absolute Gasteiger partial charge is 0.180 e. The van der Waals surface area contributed by atoms with Gasteiger partial charge >= 0.3 is 0 Å². The molecular weight excluding hydrogens is 290 g/mol. The first-order valence-corrected chi connectivity index (χ1v) is 7.81. The van der Waals surface area contributed by atoms with Crippen LogP contribution in [0.5, 0.6) is 0 Å². The first kappa shape index (κ1) is 12.1. The second kappa shape index (κ2) is 4.43. The van der Waals surface area contributed by atoms with Gasteiger partial charge < -0.3 is 5.73 Å². The van der Waals surface area contributed by atoms with Crippen molar-refractivity contribution >= 4 is 39.0 Å². The zero-order chi connectivity index (χ0) is 13.7. The average molecular weight is 302 g/mol. The Kier molecular flexibility index (Phi) is 2.69. The molecule has 0 atom stereocenters. The number of para-hydroxylation sites is 1. The molecule has 0 radical (unpaired) electrons. The first-order chi connectivity index (χ1) is 9.74. The van der Waals surface area contributed by atoms with E-state index >= 15 is 0 Å². The van der Waals surface area contributed by atoms with Crippen LogP contribution in [0.1, 0.15) is 17.7 Å². The maximum absolute atomic E-state index is 6.32. The molecule has 1 aliphatic rings. The van der Waals surface area contributed by atoms with E-state index in [0.29, 0.717) is 10.2 Å². The van der Waals surface area contributed by atoms with Gasteiger partial charge in [-0.25, -0.2) is 4.98 Å². The summed E-state index contributed by atoms with van der Waals surface area (Å²) in [4.78, 5) is 9.22. The second-order valence-electron chi connectivity index (χ2n) is 4.97. The van der Waals surface area contributed by atoms with Gasteiger partial charge in [0, 0.05) is 22.0 Å². The van der Waals surface area contributed by atoms with E-state index < -0.39 is 0 Å². The van der Waals surface area contributed by atoms with Crippen molar-refractivity contribution in [3.8, 4) is 11.3 Å². The van der Waals surface area contributed by atoms with Gasteiger partial charge in [0.2, 0.25) is 0 Å². The Morgan fingerprint density at radius 1 is 1.20 bits per heavy atom. The van der Waals surface area contributed by atoms with E-state index in [9.17, 15) is 0 Å². The van der Waals surface area contributed by atoms with Crippen LogP contribution in [0.4, 0.5) is 5.13 Å². The number of aromatic nitrogens is 2. The molecular formula is C15H12ClN3S. The van der Waals surface area contributed by atoms with Gasteiger partial charge in [0.05, 0.1) is 16.2 Å². The molecule has 0 spiro atoms. The zero-order valence-corrected chi connectivity index (χ0v) is 12.3. The third kappa shape index (κ3) is 1.72. The molecule has 0 bridgehead atoms. The lowest BCUT2D eigenvalue weighted by molar-refractivity contribution is 0.901. The van der Waals surface area contributed by atoms with Gasteiger partial charge in [-0.1, -0.05) is 23.7 Å². The summed E-state index contributed by atoms with van der Waals surface area (Å²) in [5.41, 5.74) is 11.3. The number of benzene rings is 1. The second-order valence-corrected chi connectivity index (χ2v) is 6.27. The van der Waals surface area contributed by atoms with Crippen LogP contribution in [0.15, 0.2) is 23.6 Å². The largest absolute Gasteiger partial charge is 0.375 e. The molecule has 4 rings (SSSR count). The number of pyridine rings is 1. The lowest BCUT2D eigenvalue weighted by atomic mass is 9.99. The van der Waals surface area contributed by atoms with Crippen LogP contribution in [0.3, 0.4) is 0 Å². The summed E-state index contributed by atoms with van der Waals surface area (Å²) in [6, 6.07) is 5.92. The Labute approximate surface area is 125 Å². The maximum Gasteiger partial charge on any atom is 0.180 e. The number of aryl methyl sites for hydroxylation is 1. The van der Waals surface area contributed by atoms with Crippen molar-refractivity contribution < 1.29 is 0 Å². The molecule has 100 valence electrons. The number of hydrogen-bond donors (Lipinski definition) is 1. The van der Waals surface area contributed by atoms with E-state index in [2.05, 4.69) is 11.1 Å². The highest BCUT2D eigenvalue weighted by atomic mass is 35.5. The average Bonchev–Trinajstić information content (AvgIpc) is 3.05. The lowest BCUT2D eigenvalue weighted by Gasteiger charge is -2.11. The summed E-state index contributed by atoms with van der Waals surface area (Å²) >= 11 is 7.79. The summed E-state index contributed by atoms with van der Waals surface area (Å²) in [5, 5.41) is 4.38.